The second-order valence-electron chi connectivity index (χ2n) is 5.79. The molecule has 8 nitrogen and oxygen atoms in total. The lowest BCUT2D eigenvalue weighted by Crippen LogP contribution is -2.39. The molecule has 0 bridgehead atoms. The van der Waals surface area contributed by atoms with E-state index in [9.17, 15) is 4.79 Å². The van der Waals surface area contributed by atoms with Gasteiger partial charge in [0.2, 0.25) is 11.7 Å². The molecule has 0 aromatic carbocycles. The maximum atomic E-state index is 12.8. The van der Waals surface area contributed by atoms with Crippen LogP contribution in [0.2, 0.25) is 0 Å². The monoisotopic (exact) mass is 336 g/mol. The van der Waals surface area contributed by atoms with Crippen LogP contribution < -0.4 is 0 Å². The molecule has 3 aromatic heterocycles. The summed E-state index contributed by atoms with van der Waals surface area (Å²) in [5.74, 6) is 0.778. The van der Waals surface area contributed by atoms with Gasteiger partial charge in [0.15, 0.2) is 0 Å². The Labute approximate surface area is 143 Å². The van der Waals surface area contributed by atoms with E-state index in [1.165, 1.54) is 12.4 Å². The highest BCUT2D eigenvalue weighted by Gasteiger charge is 2.33. The van der Waals surface area contributed by atoms with Crippen LogP contribution in [-0.4, -0.2) is 42.4 Å². The predicted octanol–water partition coefficient (Wildman–Crippen LogP) is 2.29. The summed E-state index contributed by atoms with van der Waals surface area (Å²) >= 11 is 0. The van der Waals surface area contributed by atoms with Crippen LogP contribution in [0, 0.1) is 0 Å². The molecule has 126 valence electrons. The highest BCUT2D eigenvalue weighted by atomic mass is 16.5. The summed E-state index contributed by atoms with van der Waals surface area (Å²) in [6, 6.07) is 3.39. The average molecular weight is 336 g/mol. The van der Waals surface area contributed by atoms with Crippen LogP contribution in [0.3, 0.4) is 0 Å². The summed E-state index contributed by atoms with van der Waals surface area (Å²) in [7, 11) is 0. The Morgan fingerprint density at radius 1 is 1.12 bits per heavy atom. The van der Waals surface area contributed by atoms with E-state index < -0.39 is 0 Å². The van der Waals surface area contributed by atoms with E-state index in [-0.39, 0.29) is 11.9 Å². The van der Waals surface area contributed by atoms with Gasteiger partial charge in [-0.05, 0) is 31.4 Å². The van der Waals surface area contributed by atoms with Crippen LogP contribution >= 0.6 is 0 Å². The molecule has 25 heavy (non-hydrogen) atoms. The number of hydrogen-bond donors (Lipinski definition) is 0. The fourth-order valence-corrected chi connectivity index (χ4v) is 2.98. The Balaban J connectivity index is 1.62. The minimum atomic E-state index is -0.244. The first-order valence-corrected chi connectivity index (χ1v) is 8.14. The first-order chi connectivity index (χ1) is 12.3. The molecule has 0 radical (unpaired) electrons. The molecule has 0 unspecified atom stereocenters. The third-order valence-electron chi connectivity index (χ3n) is 4.21. The fraction of sp³-hybridized carbons (Fsp3) is 0.294. The van der Waals surface area contributed by atoms with E-state index in [0.717, 1.165) is 24.8 Å². The molecule has 1 amide bonds. The number of carbonyl (C=O) groups excluding carboxylic acids is 1. The zero-order valence-corrected chi connectivity index (χ0v) is 13.4. The lowest BCUT2D eigenvalue weighted by Gasteiger charge is -2.33. The van der Waals surface area contributed by atoms with Gasteiger partial charge in [-0.25, -0.2) is 4.98 Å². The summed E-state index contributed by atoms with van der Waals surface area (Å²) in [6.07, 6.45) is 10.6. The minimum absolute atomic E-state index is 0.165. The maximum absolute atomic E-state index is 12.8. The summed E-state index contributed by atoms with van der Waals surface area (Å²) in [6.45, 7) is 0.632. The van der Waals surface area contributed by atoms with Crippen LogP contribution in [0.4, 0.5) is 0 Å². The number of amides is 1. The van der Waals surface area contributed by atoms with Crippen molar-refractivity contribution >= 4 is 5.91 Å². The molecule has 4 rings (SSSR count). The van der Waals surface area contributed by atoms with E-state index in [2.05, 4.69) is 25.1 Å². The Bertz CT molecular complexity index is 852. The molecular weight excluding hydrogens is 320 g/mol. The van der Waals surface area contributed by atoms with Crippen molar-refractivity contribution in [2.24, 2.45) is 0 Å². The van der Waals surface area contributed by atoms with Gasteiger partial charge in [0.05, 0.1) is 6.20 Å². The first kappa shape index (κ1) is 15.4. The molecule has 8 heteroatoms. The van der Waals surface area contributed by atoms with Crippen molar-refractivity contribution in [1.82, 2.24) is 30.0 Å². The van der Waals surface area contributed by atoms with Crippen LogP contribution in [0.1, 0.15) is 41.7 Å². The van der Waals surface area contributed by atoms with Gasteiger partial charge in [-0.1, -0.05) is 5.16 Å². The smallest absolute Gasteiger partial charge is 0.274 e. The summed E-state index contributed by atoms with van der Waals surface area (Å²) < 4.78 is 5.46. The Hall–Kier alpha value is -3.16. The molecule has 1 saturated heterocycles. The SMILES string of the molecule is O=C(c1cnccn1)N1CCCC[C@H]1c1nc(-c2ccncc2)no1. The van der Waals surface area contributed by atoms with E-state index >= 15 is 0 Å². The lowest BCUT2D eigenvalue weighted by atomic mass is 10.0. The number of piperidine rings is 1. The van der Waals surface area contributed by atoms with Crippen molar-refractivity contribution < 1.29 is 9.32 Å². The van der Waals surface area contributed by atoms with Crippen LogP contribution in [0.5, 0.6) is 0 Å². The third-order valence-corrected chi connectivity index (χ3v) is 4.21. The van der Waals surface area contributed by atoms with Gasteiger partial charge in [0.1, 0.15) is 11.7 Å². The molecule has 0 spiro atoms. The normalized spacial score (nSPS) is 17.4. The van der Waals surface area contributed by atoms with Gasteiger partial charge in [-0.3, -0.25) is 14.8 Å². The number of hydrogen-bond acceptors (Lipinski definition) is 7. The number of likely N-dealkylation sites (tertiary alicyclic amines) is 1. The van der Waals surface area contributed by atoms with Gasteiger partial charge in [-0.2, -0.15) is 4.98 Å². The van der Waals surface area contributed by atoms with Crippen molar-refractivity contribution in [2.45, 2.75) is 25.3 Å². The molecule has 0 saturated carbocycles. The lowest BCUT2D eigenvalue weighted by molar-refractivity contribution is 0.0555. The Morgan fingerprint density at radius 2 is 2.00 bits per heavy atom. The molecule has 1 atom stereocenters. The van der Waals surface area contributed by atoms with Gasteiger partial charge < -0.3 is 9.42 Å². The molecule has 4 heterocycles. The zero-order valence-electron chi connectivity index (χ0n) is 13.4. The number of aromatic nitrogens is 5. The second kappa shape index (κ2) is 6.76. The Morgan fingerprint density at radius 3 is 2.80 bits per heavy atom. The van der Waals surface area contributed by atoms with E-state index in [0.29, 0.717) is 24.0 Å². The molecule has 3 aromatic rings. The van der Waals surface area contributed by atoms with Crippen molar-refractivity contribution in [3.63, 3.8) is 0 Å². The third kappa shape index (κ3) is 3.10. The largest absolute Gasteiger partial charge is 0.337 e. The van der Waals surface area contributed by atoms with Gasteiger partial charge in [-0.15, -0.1) is 0 Å². The van der Waals surface area contributed by atoms with Crippen LogP contribution in [0.15, 0.2) is 47.6 Å². The molecule has 1 aliphatic rings. The molecule has 0 aliphatic carbocycles. The summed E-state index contributed by atoms with van der Waals surface area (Å²) in [4.78, 5) is 31.1. The second-order valence-corrected chi connectivity index (χ2v) is 5.79. The van der Waals surface area contributed by atoms with E-state index in [1.807, 2.05) is 12.1 Å². The molecule has 1 aliphatic heterocycles. The van der Waals surface area contributed by atoms with E-state index in [1.54, 1.807) is 23.5 Å². The molecule has 0 N–H and O–H groups in total. The summed E-state index contributed by atoms with van der Waals surface area (Å²) in [5, 5.41) is 4.05. The van der Waals surface area contributed by atoms with Crippen molar-refractivity contribution in [3.05, 3.63) is 54.7 Å². The average Bonchev–Trinajstić information content (AvgIpc) is 3.19. The van der Waals surface area contributed by atoms with Gasteiger partial charge in [0, 0.05) is 36.9 Å². The van der Waals surface area contributed by atoms with Crippen molar-refractivity contribution in [3.8, 4) is 11.4 Å². The number of pyridine rings is 1. The molecular formula is C17H16N6O2. The van der Waals surface area contributed by atoms with E-state index in [4.69, 9.17) is 4.52 Å². The quantitative estimate of drug-likeness (QED) is 0.723. The van der Waals surface area contributed by atoms with Crippen LogP contribution in [-0.2, 0) is 0 Å². The maximum Gasteiger partial charge on any atom is 0.274 e. The Kier molecular flexibility index (Phi) is 4.16. The summed E-state index contributed by atoms with van der Waals surface area (Å²) in [5.41, 5.74) is 1.15. The number of nitrogens with zero attached hydrogens (tertiary/aromatic N) is 6. The number of carbonyl (C=O) groups is 1. The molecule has 1 fully saturated rings. The van der Waals surface area contributed by atoms with Crippen molar-refractivity contribution in [2.75, 3.05) is 6.54 Å². The van der Waals surface area contributed by atoms with Gasteiger partial charge in [0.25, 0.3) is 5.91 Å². The zero-order chi connectivity index (χ0) is 17.1. The highest BCUT2D eigenvalue weighted by molar-refractivity contribution is 5.92. The first-order valence-electron chi connectivity index (χ1n) is 8.14. The minimum Gasteiger partial charge on any atom is -0.337 e. The predicted molar refractivity (Wildman–Crippen MR) is 87.2 cm³/mol. The topological polar surface area (TPSA) is 97.9 Å². The van der Waals surface area contributed by atoms with Crippen molar-refractivity contribution in [1.29, 1.82) is 0 Å². The highest BCUT2D eigenvalue weighted by Crippen LogP contribution is 2.31. The van der Waals surface area contributed by atoms with Gasteiger partial charge >= 0.3 is 0 Å². The van der Waals surface area contributed by atoms with Crippen LogP contribution in [0.25, 0.3) is 11.4 Å². The fourth-order valence-electron chi connectivity index (χ4n) is 2.98. The standard InChI is InChI=1S/C17H16N6O2/c24-17(13-11-19-8-9-20-13)23-10-2-1-3-14(23)16-21-15(22-25-16)12-4-6-18-7-5-12/h4-9,11,14H,1-3,10H2/t14-/m0/s1. The number of rotatable bonds is 3.